The van der Waals surface area contributed by atoms with Crippen molar-refractivity contribution >= 4 is 22.0 Å². The highest BCUT2D eigenvalue weighted by Crippen LogP contribution is 2.33. The molecular formula is C26H32N4O4S. The van der Waals surface area contributed by atoms with Gasteiger partial charge in [-0.2, -0.15) is 4.31 Å². The van der Waals surface area contributed by atoms with Gasteiger partial charge < -0.3 is 5.32 Å². The van der Waals surface area contributed by atoms with E-state index in [0.717, 1.165) is 36.0 Å². The third-order valence-corrected chi connectivity index (χ3v) is 9.63. The highest BCUT2D eigenvalue weighted by molar-refractivity contribution is 7.89. The number of benzene rings is 2. The van der Waals surface area contributed by atoms with Gasteiger partial charge in [-0.05, 0) is 73.9 Å². The fourth-order valence-corrected chi connectivity index (χ4v) is 7.07. The van der Waals surface area contributed by atoms with Gasteiger partial charge in [0.2, 0.25) is 10.0 Å². The van der Waals surface area contributed by atoms with E-state index < -0.39 is 21.6 Å². The van der Waals surface area contributed by atoms with Crippen molar-refractivity contribution in [1.29, 1.82) is 0 Å². The van der Waals surface area contributed by atoms with E-state index >= 15 is 0 Å². The Balaban J connectivity index is 1.26. The minimum atomic E-state index is -3.60. The molecule has 5 rings (SSSR count). The summed E-state index contributed by atoms with van der Waals surface area (Å²) < 4.78 is 27.9. The Labute approximate surface area is 206 Å². The largest absolute Gasteiger partial charge is 0.326 e. The second-order valence-electron chi connectivity index (χ2n) is 10.1. The first-order chi connectivity index (χ1) is 16.6. The van der Waals surface area contributed by atoms with Gasteiger partial charge in [-0.3, -0.25) is 9.69 Å². The molecule has 35 heavy (non-hydrogen) atoms. The van der Waals surface area contributed by atoms with Crippen LogP contribution < -0.4 is 5.32 Å². The lowest BCUT2D eigenvalue weighted by Gasteiger charge is -2.35. The molecule has 2 aliphatic heterocycles. The molecule has 2 heterocycles. The van der Waals surface area contributed by atoms with Crippen LogP contribution >= 0.6 is 0 Å². The van der Waals surface area contributed by atoms with Crippen molar-refractivity contribution in [2.24, 2.45) is 0 Å². The molecule has 186 valence electrons. The van der Waals surface area contributed by atoms with E-state index in [1.165, 1.54) is 20.3 Å². The second-order valence-corrected chi connectivity index (χ2v) is 12.0. The summed E-state index contributed by atoms with van der Waals surface area (Å²) in [7, 11) is -3.60. The van der Waals surface area contributed by atoms with Crippen LogP contribution in [0, 0.1) is 13.8 Å². The number of amides is 3. The zero-order chi connectivity index (χ0) is 25.0. The van der Waals surface area contributed by atoms with Crippen LogP contribution in [0.4, 0.5) is 4.79 Å². The van der Waals surface area contributed by atoms with E-state index in [0.29, 0.717) is 31.1 Å². The van der Waals surface area contributed by atoms with E-state index in [9.17, 15) is 18.0 Å². The summed E-state index contributed by atoms with van der Waals surface area (Å²) in [6.07, 6.45) is 3.18. The number of carbonyl (C=O) groups is 2. The SMILES string of the molecule is Cc1ccc(C)c(S(=O)(=O)N2CCN(CN3C(=O)N[C@@](C)(c4ccc5c(c4)CCC5)C3=O)CC2)c1. The minimum absolute atomic E-state index is 0.141. The molecule has 2 aromatic carbocycles. The van der Waals surface area contributed by atoms with Crippen LogP contribution in [0.5, 0.6) is 0 Å². The Kier molecular flexibility index (Phi) is 5.97. The highest BCUT2D eigenvalue weighted by Gasteiger charge is 2.49. The van der Waals surface area contributed by atoms with E-state index in [2.05, 4.69) is 17.4 Å². The number of nitrogens with one attached hydrogen (secondary N) is 1. The van der Waals surface area contributed by atoms with Gasteiger partial charge in [0.25, 0.3) is 5.91 Å². The quantitative estimate of drug-likeness (QED) is 0.643. The van der Waals surface area contributed by atoms with Crippen molar-refractivity contribution in [3.63, 3.8) is 0 Å². The molecule has 0 unspecified atom stereocenters. The topological polar surface area (TPSA) is 90.0 Å². The minimum Gasteiger partial charge on any atom is -0.319 e. The monoisotopic (exact) mass is 496 g/mol. The van der Waals surface area contributed by atoms with Gasteiger partial charge in [0.15, 0.2) is 0 Å². The number of hydrogen-bond donors (Lipinski definition) is 1. The Hall–Kier alpha value is -2.75. The molecule has 2 fully saturated rings. The predicted octanol–water partition coefficient (Wildman–Crippen LogP) is 2.52. The smallest absolute Gasteiger partial charge is 0.319 e. The van der Waals surface area contributed by atoms with Gasteiger partial charge in [-0.25, -0.2) is 18.1 Å². The number of fused-ring (bicyclic) bond motifs is 1. The number of carbonyl (C=O) groups excluding carboxylic acids is 2. The van der Waals surface area contributed by atoms with E-state index in [4.69, 9.17) is 0 Å². The van der Waals surface area contributed by atoms with Crippen molar-refractivity contribution in [2.75, 3.05) is 32.8 Å². The molecular weight excluding hydrogens is 464 g/mol. The number of aryl methyl sites for hydroxylation is 4. The molecule has 1 aliphatic carbocycles. The lowest BCUT2D eigenvalue weighted by Crippen LogP contribution is -2.52. The summed E-state index contributed by atoms with van der Waals surface area (Å²) >= 11 is 0. The number of sulfonamides is 1. The molecule has 3 aliphatic rings. The summed E-state index contributed by atoms with van der Waals surface area (Å²) in [6.45, 7) is 7.08. The first-order valence-electron chi connectivity index (χ1n) is 12.2. The molecule has 0 radical (unpaired) electrons. The molecule has 0 spiro atoms. The third-order valence-electron chi connectivity index (χ3n) is 7.58. The molecule has 3 amide bonds. The van der Waals surface area contributed by atoms with Crippen molar-refractivity contribution in [1.82, 2.24) is 19.4 Å². The Morgan fingerprint density at radius 2 is 1.66 bits per heavy atom. The number of rotatable bonds is 5. The highest BCUT2D eigenvalue weighted by atomic mass is 32.2. The summed E-state index contributed by atoms with van der Waals surface area (Å²) in [4.78, 5) is 29.8. The molecule has 0 saturated carbocycles. The molecule has 8 nitrogen and oxygen atoms in total. The number of urea groups is 1. The summed E-state index contributed by atoms with van der Waals surface area (Å²) in [5.41, 5.74) is 3.91. The summed E-state index contributed by atoms with van der Waals surface area (Å²) in [5, 5.41) is 2.90. The van der Waals surface area contributed by atoms with Crippen LogP contribution in [0.15, 0.2) is 41.3 Å². The van der Waals surface area contributed by atoms with E-state index in [-0.39, 0.29) is 12.6 Å². The van der Waals surface area contributed by atoms with Crippen LogP contribution in [0.2, 0.25) is 0 Å². The molecule has 9 heteroatoms. The van der Waals surface area contributed by atoms with Crippen molar-refractivity contribution in [2.45, 2.75) is 50.5 Å². The average Bonchev–Trinajstić information content (AvgIpc) is 3.39. The van der Waals surface area contributed by atoms with Gasteiger partial charge >= 0.3 is 6.03 Å². The molecule has 1 atom stereocenters. The molecule has 1 N–H and O–H groups in total. The molecule has 2 saturated heterocycles. The van der Waals surface area contributed by atoms with E-state index in [1.807, 2.05) is 30.0 Å². The van der Waals surface area contributed by atoms with Crippen LogP contribution in [-0.4, -0.2) is 67.3 Å². The summed E-state index contributed by atoms with van der Waals surface area (Å²) in [6, 6.07) is 11.1. The molecule has 0 aromatic heterocycles. The number of nitrogens with zero attached hydrogens (tertiary/aromatic N) is 3. The van der Waals surface area contributed by atoms with Crippen molar-refractivity contribution in [3.8, 4) is 0 Å². The zero-order valence-electron chi connectivity index (χ0n) is 20.5. The Morgan fingerprint density at radius 3 is 2.40 bits per heavy atom. The maximum Gasteiger partial charge on any atom is 0.326 e. The average molecular weight is 497 g/mol. The fraction of sp³-hybridized carbons (Fsp3) is 0.462. The maximum atomic E-state index is 13.4. The van der Waals surface area contributed by atoms with Crippen molar-refractivity contribution < 1.29 is 18.0 Å². The van der Waals surface area contributed by atoms with Crippen LogP contribution in [-0.2, 0) is 33.2 Å². The van der Waals surface area contributed by atoms with Gasteiger partial charge in [0.1, 0.15) is 5.54 Å². The lowest BCUT2D eigenvalue weighted by molar-refractivity contribution is -0.132. The van der Waals surface area contributed by atoms with Gasteiger partial charge in [-0.15, -0.1) is 0 Å². The second kappa shape index (κ2) is 8.72. The van der Waals surface area contributed by atoms with Gasteiger partial charge in [-0.1, -0.05) is 30.3 Å². The molecule has 0 bridgehead atoms. The normalized spacial score (nSPS) is 23.6. The van der Waals surface area contributed by atoms with Crippen LogP contribution in [0.3, 0.4) is 0 Å². The van der Waals surface area contributed by atoms with Gasteiger partial charge in [0, 0.05) is 26.2 Å². The Bertz CT molecular complexity index is 1300. The first-order valence-corrected chi connectivity index (χ1v) is 13.6. The van der Waals surface area contributed by atoms with Crippen LogP contribution in [0.1, 0.15) is 41.2 Å². The summed E-state index contributed by atoms with van der Waals surface area (Å²) in [5.74, 6) is -0.272. The van der Waals surface area contributed by atoms with E-state index in [1.54, 1.807) is 19.9 Å². The maximum absolute atomic E-state index is 13.4. The zero-order valence-corrected chi connectivity index (χ0v) is 21.3. The third kappa shape index (κ3) is 4.15. The molecule has 2 aromatic rings. The Morgan fingerprint density at radius 1 is 0.943 bits per heavy atom. The number of piperazine rings is 1. The number of imide groups is 1. The first kappa shape index (κ1) is 24.0. The standard InChI is InChI=1S/C26H32N4O4S/c1-18-7-8-19(2)23(15-18)35(33,34)29-13-11-28(12-14-29)17-30-24(31)26(3,27-25(30)32)22-10-9-20-5-4-6-21(20)16-22/h7-10,15-16H,4-6,11-14,17H2,1-3H3,(H,27,32)/t26-/m0/s1. The predicted molar refractivity (Wildman–Crippen MR) is 132 cm³/mol. The lowest BCUT2D eigenvalue weighted by atomic mass is 9.90. The number of hydrogen-bond acceptors (Lipinski definition) is 5. The van der Waals surface area contributed by atoms with Crippen LogP contribution in [0.25, 0.3) is 0 Å². The fourth-order valence-electron chi connectivity index (χ4n) is 5.34. The van der Waals surface area contributed by atoms with Crippen molar-refractivity contribution in [3.05, 3.63) is 64.2 Å². The van der Waals surface area contributed by atoms with Gasteiger partial charge in [0.05, 0.1) is 11.6 Å².